The van der Waals surface area contributed by atoms with E-state index in [1.807, 2.05) is 0 Å². The summed E-state index contributed by atoms with van der Waals surface area (Å²) in [5, 5.41) is 3.78. The highest BCUT2D eigenvalue weighted by atomic mass is 16.5. The topological polar surface area (TPSA) is 24.5 Å². The van der Waals surface area contributed by atoms with Crippen LogP contribution in [0.1, 0.15) is 53.9 Å². The van der Waals surface area contributed by atoms with Crippen LogP contribution < -0.4 is 5.32 Å². The molecule has 1 saturated heterocycles. The van der Waals surface area contributed by atoms with E-state index in [4.69, 9.17) is 4.74 Å². The molecule has 1 heterocycles. The van der Waals surface area contributed by atoms with Crippen LogP contribution in [0, 0.1) is 0 Å². The number of nitrogens with zero attached hydrogens (tertiary/aromatic N) is 1. The molecule has 1 N–H and O–H groups in total. The average molecular weight is 256 g/mol. The Morgan fingerprint density at radius 1 is 1.11 bits per heavy atom. The summed E-state index contributed by atoms with van der Waals surface area (Å²) in [6, 6.07) is 0. The first-order valence-electron chi connectivity index (χ1n) is 7.63. The van der Waals surface area contributed by atoms with Crippen molar-refractivity contribution in [2.24, 2.45) is 0 Å². The normalized spacial score (nSPS) is 28.5. The monoisotopic (exact) mass is 256 g/mol. The molecule has 1 aliphatic heterocycles. The fourth-order valence-electron chi connectivity index (χ4n) is 2.95. The Kier molecular flexibility index (Phi) is 6.09. The minimum Gasteiger partial charge on any atom is -0.380 e. The van der Waals surface area contributed by atoms with Gasteiger partial charge in [0.25, 0.3) is 0 Å². The van der Waals surface area contributed by atoms with Crippen LogP contribution in [-0.2, 0) is 4.74 Å². The van der Waals surface area contributed by atoms with Crippen LogP contribution >= 0.6 is 0 Å². The second-order valence-electron chi connectivity index (χ2n) is 5.82. The predicted octanol–water partition coefficient (Wildman–Crippen LogP) is 2.66. The van der Waals surface area contributed by atoms with E-state index in [2.05, 4.69) is 44.8 Å². The molecular weight excluding hydrogens is 224 g/mol. The SMILES string of the molecule is CCOCCN1CC(C)(CC)NCC1(CC)CC. The van der Waals surface area contributed by atoms with Gasteiger partial charge < -0.3 is 10.1 Å². The van der Waals surface area contributed by atoms with Crippen molar-refractivity contribution in [3.05, 3.63) is 0 Å². The molecule has 1 fully saturated rings. The molecule has 3 heteroatoms. The summed E-state index contributed by atoms with van der Waals surface area (Å²) in [6.45, 7) is 16.3. The smallest absolute Gasteiger partial charge is 0.0593 e. The molecule has 0 bridgehead atoms. The minimum absolute atomic E-state index is 0.264. The molecule has 0 aliphatic carbocycles. The van der Waals surface area contributed by atoms with Gasteiger partial charge in [0.2, 0.25) is 0 Å². The van der Waals surface area contributed by atoms with Crippen LogP contribution in [0.25, 0.3) is 0 Å². The highest BCUT2D eigenvalue weighted by molar-refractivity contribution is 5.02. The van der Waals surface area contributed by atoms with Crippen molar-refractivity contribution < 1.29 is 4.74 Å². The maximum atomic E-state index is 5.56. The lowest BCUT2D eigenvalue weighted by molar-refractivity contribution is -0.0163. The molecule has 108 valence electrons. The zero-order valence-corrected chi connectivity index (χ0v) is 13.0. The summed E-state index contributed by atoms with van der Waals surface area (Å²) in [5.74, 6) is 0. The number of hydrogen-bond acceptors (Lipinski definition) is 3. The van der Waals surface area contributed by atoms with E-state index in [0.29, 0.717) is 5.54 Å². The molecule has 3 nitrogen and oxygen atoms in total. The average Bonchev–Trinajstić information content (AvgIpc) is 2.40. The number of rotatable bonds is 7. The second-order valence-corrected chi connectivity index (χ2v) is 5.82. The molecule has 1 aliphatic rings. The van der Waals surface area contributed by atoms with E-state index in [0.717, 1.165) is 32.8 Å². The van der Waals surface area contributed by atoms with Gasteiger partial charge in [0.1, 0.15) is 0 Å². The quantitative estimate of drug-likeness (QED) is 0.709. The first kappa shape index (κ1) is 15.9. The molecule has 0 aromatic carbocycles. The van der Waals surface area contributed by atoms with Gasteiger partial charge in [-0.15, -0.1) is 0 Å². The van der Waals surface area contributed by atoms with Crippen LogP contribution in [0.5, 0.6) is 0 Å². The number of nitrogens with one attached hydrogen (secondary N) is 1. The zero-order valence-electron chi connectivity index (χ0n) is 13.0. The molecule has 0 amide bonds. The van der Waals surface area contributed by atoms with Crippen molar-refractivity contribution in [2.45, 2.75) is 65.0 Å². The van der Waals surface area contributed by atoms with Gasteiger partial charge in [-0.2, -0.15) is 0 Å². The number of hydrogen-bond donors (Lipinski definition) is 1. The van der Waals surface area contributed by atoms with Crippen molar-refractivity contribution in [3.8, 4) is 0 Å². The second kappa shape index (κ2) is 6.88. The molecule has 1 unspecified atom stereocenters. The van der Waals surface area contributed by atoms with E-state index in [1.165, 1.54) is 19.3 Å². The third-order valence-corrected chi connectivity index (χ3v) is 4.86. The van der Waals surface area contributed by atoms with Crippen molar-refractivity contribution in [2.75, 3.05) is 32.8 Å². The Labute approximate surface area is 113 Å². The maximum Gasteiger partial charge on any atom is 0.0593 e. The Hall–Kier alpha value is -0.120. The van der Waals surface area contributed by atoms with E-state index >= 15 is 0 Å². The number of piperazine rings is 1. The largest absolute Gasteiger partial charge is 0.380 e. The summed E-state index contributed by atoms with van der Waals surface area (Å²) >= 11 is 0. The Morgan fingerprint density at radius 2 is 1.78 bits per heavy atom. The molecule has 0 radical (unpaired) electrons. The maximum absolute atomic E-state index is 5.56. The van der Waals surface area contributed by atoms with Gasteiger partial charge in [0, 0.05) is 37.3 Å². The molecule has 18 heavy (non-hydrogen) atoms. The fraction of sp³-hybridized carbons (Fsp3) is 1.00. The van der Waals surface area contributed by atoms with E-state index in [9.17, 15) is 0 Å². The lowest BCUT2D eigenvalue weighted by atomic mass is 9.82. The van der Waals surface area contributed by atoms with Gasteiger partial charge in [-0.05, 0) is 33.1 Å². The van der Waals surface area contributed by atoms with Gasteiger partial charge in [0.05, 0.1) is 6.61 Å². The molecule has 0 saturated carbocycles. The molecule has 0 aromatic heterocycles. The third kappa shape index (κ3) is 3.46. The van der Waals surface area contributed by atoms with Gasteiger partial charge >= 0.3 is 0 Å². The zero-order chi connectivity index (χ0) is 13.6. The predicted molar refractivity (Wildman–Crippen MR) is 78.1 cm³/mol. The Balaban J connectivity index is 2.72. The van der Waals surface area contributed by atoms with Crippen LogP contribution in [0.15, 0.2) is 0 Å². The van der Waals surface area contributed by atoms with Crippen LogP contribution in [0.4, 0.5) is 0 Å². The summed E-state index contributed by atoms with van der Waals surface area (Å²) in [7, 11) is 0. The van der Waals surface area contributed by atoms with Crippen molar-refractivity contribution in [3.63, 3.8) is 0 Å². The lowest BCUT2D eigenvalue weighted by Gasteiger charge is -2.53. The summed E-state index contributed by atoms with van der Waals surface area (Å²) in [4.78, 5) is 2.67. The van der Waals surface area contributed by atoms with E-state index in [-0.39, 0.29) is 5.54 Å². The minimum atomic E-state index is 0.264. The summed E-state index contributed by atoms with van der Waals surface area (Å²) in [5.41, 5.74) is 0.589. The molecule has 1 atom stereocenters. The first-order valence-corrected chi connectivity index (χ1v) is 7.63. The lowest BCUT2D eigenvalue weighted by Crippen LogP contribution is -2.69. The molecule has 0 aromatic rings. The van der Waals surface area contributed by atoms with Crippen molar-refractivity contribution >= 4 is 0 Å². The van der Waals surface area contributed by atoms with Gasteiger partial charge in [-0.3, -0.25) is 4.90 Å². The van der Waals surface area contributed by atoms with E-state index < -0.39 is 0 Å². The van der Waals surface area contributed by atoms with Crippen molar-refractivity contribution in [1.29, 1.82) is 0 Å². The number of ether oxygens (including phenoxy) is 1. The molecule has 1 rings (SSSR count). The standard InChI is InChI=1S/C15H32N2O/c1-6-14(5)13-17(10-11-18-9-4)15(7-2,8-3)12-16-14/h16H,6-13H2,1-5H3. The third-order valence-electron chi connectivity index (χ3n) is 4.86. The van der Waals surface area contributed by atoms with Crippen LogP contribution in [0.2, 0.25) is 0 Å². The summed E-state index contributed by atoms with van der Waals surface area (Å²) in [6.07, 6.45) is 3.60. The van der Waals surface area contributed by atoms with Gasteiger partial charge in [-0.25, -0.2) is 0 Å². The van der Waals surface area contributed by atoms with Gasteiger partial charge in [0.15, 0.2) is 0 Å². The molecular formula is C15H32N2O. The highest BCUT2D eigenvalue weighted by Gasteiger charge is 2.42. The first-order chi connectivity index (χ1) is 8.55. The molecule has 0 spiro atoms. The summed E-state index contributed by atoms with van der Waals surface area (Å²) < 4.78 is 5.56. The van der Waals surface area contributed by atoms with Crippen LogP contribution in [-0.4, -0.2) is 48.8 Å². The Bertz CT molecular complexity index is 241. The fourth-order valence-corrected chi connectivity index (χ4v) is 2.95. The van der Waals surface area contributed by atoms with Crippen molar-refractivity contribution in [1.82, 2.24) is 10.2 Å². The Morgan fingerprint density at radius 3 is 2.28 bits per heavy atom. The van der Waals surface area contributed by atoms with Gasteiger partial charge in [-0.1, -0.05) is 20.8 Å². The van der Waals surface area contributed by atoms with Crippen LogP contribution in [0.3, 0.4) is 0 Å². The highest BCUT2D eigenvalue weighted by Crippen LogP contribution is 2.30. The van der Waals surface area contributed by atoms with E-state index in [1.54, 1.807) is 0 Å².